The Hall–Kier alpha value is -1.44. The molecule has 80 valence electrons. The highest BCUT2D eigenvalue weighted by Gasteiger charge is 2.19. The van der Waals surface area contributed by atoms with Gasteiger partial charge in [-0.2, -0.15) is 0 Å². The van der Waals surface area contributed by atoms with Crippen molar-refractivity contribution in [2.24, 2.45) is 0 Å². The third-order valence-corrected chi connectivity index (χ3v) is 2.61. The molecular weight excluding hydrogens is 186 g/mol. The van der Waals surface area contributed by atoms with Gasteiger partial charge in [0.05, 0.1) is 13.1 Å². The van der Waals surface area contributed by atoms with Gasteiger partial charge in [-0.05, 0) is 26.0 Å². The van der Waals surface area contributed by atoms with E-state index in [4.69, 9.17) is 4.74 Å². The molecule has 0 aromatic heterocycles. The van der Waals surface area contributed by atoms with Gasteiger partial charge in [0.1, 0.15) is 11.9 Å². The van der Waals surface area contributed by atoms with Crippen molar-refractivity contribution in [2.75, 3.05) is 18.0 Å². The van der Waals surface area contributed by atoms with Crippen LogP contribution in [0.15, 0.2) is 36.6 Å². The molecule has 1 aromatic carbocycles. The summed E-state index contributed by atoms with van der Waals surface area (Å²) in [6, 6.07) is 8.58. The summed E-state index contributed by atoms with van der Waals surface area (Å²) in [5.74, 6) is 0.856. The van der Waals surface area contributed by atoms with Crippen LogP contribution >= 0.6 is 0 Å². The zero-order valence-corrected chi connectivity index (χ0v) is 9.36. The summed E-state index contributed by atoms with van der Waals surface area (Å²) in [5.41, 5.74) is 2.54. The van der Waals surface area contributed by atoms with Crippen LogP contribution in [0.3, 0.4) is 0 Å². The number of benzene rings is 1. The fourth-order valence-corrected chi connectivity index (χ4v) is 1.90. The first-order valence-corrected chi connectivity index (χ1v) is 5.31. The second-order valence-corrected chi connectivity index (χ2v) is 4.18. The van der Waals surface area contributed by atoms with Gasteiger partial charge in [0.15, 0.2) is 0 Å². The molecule has 2 nitrogen and oxygen atoms in total. The first kappa shape index (κ1) is 10.1. The number of hydrogen-bond donors (Lipinski definition) is 0. The molecule has 1 atom stereocenters. The highest BCUT2D eigenvalue weighted by atomic mass is 16.5. The monoisotopic (exact) mass is 203 g/mol. The van der Waals surface area contributed by atoms with Crippen LogP contribution in [-0.4, -0.2) is 19.2 Å². The standard InChI is InChI=1S/C13H17NO/c1-10-4-6-13(7-5-10)14-8-11(2)15-12(3)9-14/h4-7,12H,2,8-9H2,1,3H3. The summed E-state index contributed by atoms with van der Waals surface area (Å²) in [7, 11) is 0. The van der Waals surface area contributed by atoms with E-state index in [2.05, 4.69) is 49.6 Å². The van der Waals surface area contributed by atoms with Gasteiger partial charge in [0, 0.05) is 5.69 Å². The second-order valence-electron chi connectivity index (χ2n) is 4.18. The molecule has 1 unspecified atom stereocenters. The average molecular weight is 203 g/mol. The average Bonchev–Trinajstić information content (AvgIpc) is 2.17. The van der Waals surface area contributed by atoms with Gasteiger partial charge in [-0.25, -0.2) is 0 Å². The molecule has 0 N–H and O–H groups in total. The Bertz CT molecular complexity index is 355. The number of ether oxygens (including phenoxy) is 1. The quantitative estimate of drug-likeness (QED) is 0.696. The molecular formula is C13H17NO. The second kappa shape index (κ2) is 3.97. The fourth-order valence-electron chi connectivity index (χ4n) is 1.90. The van der Waals surface area contributed by atoms with E-state index < -0.39 is 0 Å². The number of aryl methyl sites for hydroxylation is 1. The van der Waals surface area contributed by atoms with Crippen LogP contribution < -0.4 is 4.90 Å². The number of anilines is 1. The smallest absolute Gasteiger partial charge is 0.113 e. The molecule has 0 amide bonds. The predicted octanol–water partition coefficient (Wildman–Crippen LogP) is 2.73. The fraction of sp³-hybridized carbons (Fsp3) is 0.385. The van der Waals surface area contributed by atoms with Crippen molar-refractivity contribution in [3.63, 3.8) is 0 Å². The topological polar surface area (TPSA) is 12.5 Å². The molecule has 0 bridgehead atoms. The van der Waals surface area contributed by atoms with Gasteiger partial charge in [-0.15, -0.1) is 0 Å². The van der Waals surface area contributed by atoms with Crippen LogP contribution in [0, 0.1) is 6.92 Å². The van der Waals surface area contributed by atoms with E-state index in [1.807, 2.05) is 0 Å². The highest BCUT2D eigenvalue weighted by molar-refractivity contribution is 5.49. The minimum Gasteiger partial charge on any atom is -0.492 e. The lowest BCUT2D eigenvalue weighted by molar-refractivity contribution is 0.114. The maximum atomic E-state index is 5.53. The third kappa shape index (κ3) is 2.32. The normalized spacial score (nSPS) is 21.3. The highest BCUT2D eigenvalue weighted by Crippen LogP contribution is 2.21. The van der Waals surface area contributed by atoms with Gasteiger partial charge < -0.3 is 9.64 Å². The Morgan fingerprint density at radius 2 is 2.00 bits per heavy atom. The van der Waals surface area contributed by atoms with E-state index in [0.29, 0.717) is 0 Å². The molecule has 2 heteroatoms. The molecule has 0 spiro atoms. The van der Waals surface area contributed by atoms with Crippen LogP contribution in [0.1, 0.15) is 12.5 Å². The van der Waals surface area contributed by atoms with Gasteiger partial charge in [0.2, 0.25) is 0 Å². The van der Waals surface area contributed by atoms with E-state index in [1.54, 1.807) is 0 Å². The van der Waals surface area contributed by atoms with Gasteiger partial charge >= 0.3 is 0 Å². The van der Waals surface area contributed by atoms with Crippen molar-refractivity contribution < 1.29 is 4.74 Å². The van der Waals surface area contributed by atoms with Crippen LogP contribution in [-0.2, 0) is 4.74 Å². The van der Waals surface area contributed by atoms with Crippen LogP contribution in [0.4, 0.5) is 5.69 Å². The summed E-state index contributed by atoms with van der Waals surface area (Å²) < 4.78 is 5.53. The van der Waals surface area contributed by atoms with Gasteiger partial charge in [-0.3, -0.25) is 0 Å². The van der Waals surface area contributed by atoms with Crippen molar-refractivity contribution in [1.82, 2.24) is 0 Å². The molecule has 2 rings (SSSR count). The Morgan fingerprint density at radius 3 is 2.60 bits per heavy atom. The predicted molar refractivity (Wildman–Crippen MR) is 63.1 cm³/mol. The molecule has 1 aliphatic heterocycles. The Morgan fingerprint density at radius 1 is 1.33 bits per heavy atom. The Kier molecular flexibility index (Phi) is 2.67. The summed E-state index contributed by atoms with van der Waals surface area (Å²) in [4.78, 5) is 2.30. The van der Waals surface area contributed by atoms with Crippen molar-refractivity contribution in [1.29, 1.82) is 0 Å². The Labute approximate surface area is 91.2 Å². The maximum absolute atomic E-state index is 5.53. The lowest BCUT2D eigenvalue weighted by Crippen LogP contribution is -2.39. The van der Waals surface area contributed by atoms with Gasteiger partial charge in [-0.1, -0.05) is 24.3 Å². The van der Waals surface area contributed by atoms with Crippen molar-refractivity contribution in [3.8, 4) is 0 Å². The molecule has 1 fully saturated rings. The minimum absolute atomic E-state index is 0.229. The zero-order valence-electron chi connectivity index (χ0n) is 9.36. The number of morpholine rings is 1. The largest absolute Gasteiger partial charge is 0.492 e. The van der Waals surface area contributed by atoms with Crippen molar-refractivity contribution in [3.05, 3.63) is 42.2 Å². The molecule has 0 radical (unpaired) electrons. The first-order valence-electron chi connectivity index (χ1n) is 5.31. The molecule has 15 heavy (non-hydrogen) atoms. The molecule has 1 saturated heterocycles. The van der Waals surface area contributed by atoms with Crippen molar-refractivity contribution >= 4 is 5.69 Å². The molecule has 0 aliphatic carbocycles. The molecule has 0 saturated carbocycles. The van der Waals surface area contributed by atoms with E-state index in [9.17, 15) is 0 Å². The van der Waals surface area contributed by atoms with Crippen molar-refractivity contribution in [2.45, 2.75) is 20.0 Å². The van der Waals surface area contributed by atoms with E-state index >= 15 is 0 Å². The maximum Gasteiger partial charge on any atom is 0.113 e. The van der Waals surface area contributed by atoms with Crippen LogP contribution in [0.2, 0.25) is 0 Å². The Balaban J connectivity index is 2.16. The van der Waals surface area contributed by atoms with E-state index in [-0.39, 0.29) is 6.10 Å². The SMILES string of the molecule is C=C1CN(c2ccc(C)cc2)CC(C)O1. The van der Waals surface area contributed by atoms with Crippen LogP contribution in [0.5, 0.6) is 0 Å². The number of rotatable bonds is 1. The molecule has 1 aromatic rings. The van der Waals surface area contributed by atoms with E-state index in [0.717, 1.165) is 18.8 Å². The minimum atomic E-state index is 0.229. The third-order valence-electron chi connectivity index (χ3n) is 2.61. The lowest BCUT2D eigenvalue weighted by atomic mass is 10.2. The molecule has 1 aliphatic rings. The summed E-state index contributed by atoms with van der Waals surface area (Å²) in [5, 5.41) is 0. The zero-order chi connectivity index (χ0) is 10.8. The summed E-state index contributed by atoms with van der Waals surface area (Å²) in [6.07, 6.45) is 0.229. The lowest BCUT2D eigenvalue weighted by Gasteiger charge is -2.34. The summed E-state index contributed by atoms with van der Waals surface area (Å²) >= 11 is 0. The first-order chi connectivity index (χ1) is 7.15. The van der Waals surface area contributed by atoms with E-state index in [1.165, 1.54) is 11.3 Å². The number of nitrogens with zero attached hydrogens (tertiary/aromatic N) is 1. The summed E-state index contributed by atoms with van der Waals surface area (Å²) in [6.45, 7) is 9.80. The number of hydrogen-bond acceptors (Lipinski definition) is 2. The van der Waals surface area contributed by atoms with Gasteiger partial charge in [0.25, 0.3) is 0 Å². The molecule has 1 heterocycles. The van der Waals surface area contributed by atoms with Crippen LogP contribution in [0.25, 0.3) is 0 Å².